The first-order valence-electron chi connectivity index (χ1n) is 13.8. The van der Waals surface area contributed by atoms with Crippen molar-refractivity contribution in [3.05, 3.63) is 151 Å². The summed E-state index contributed by atoms with van der Waals surface area (Å²) in [6.45, 7) is 0. The van der Waals surface area contributed by atoms with Crippen molar-refractivity contribution in [1.29, 1.82) is 0 Å². The molecule has 6 nitrogen and oxygen atoms in total. The number of para-hydroxylation sites is 1. The summed E-state index contributed by atoms with van der Waals surface area (Å²) in [6.07, 6.45) is 3.69. The van der Waals surface area contributed by atoms with Crippen LogP contribution >= 0.6 is 0 Å². The lowest BCUT2D eigenvalue weighted by atomic mass is 10.00. The fourth-order valence-corrected chi connectivity index (χ4v) is 6.54. The second-order valence-corrected chi connectivity index (χ2v) is 11.5. The first kappa shape index (κ1) is 26.4. The van der Waals surface area contributed by atoms with Crippen molar-refractivity contribution in [2.45, 2.75) is 4.90 Å². The van der Waals surface area contributed by atoms with E-state index in [-0.39, 0.29) is 10.6 Å². The summed E-state index contributed by atoms with van der Waals surface area (Å²) >= 11 is 0. The number of nitrogens with zero attached hydrogens (tertiary/aromatic N) is 3. The van der Waals surface area contributed by atoms with Crippen LogP contribution < -0.4 is 4.18 Å². The SMILES string of the molecule is O=S(=O)(Oc1ccccc1)c1c(C=Cc2ccccc2)ccc(-n2nc3ccc4ccccc4c3n2)c1-c1ccccc1. The Kier molecular flexibility index (Phi) is 6.77. The molecule has 0 aliphatic rings. The third-order valence-corrected chi connectivity index (χ3v) is 8.53. The zero-order valence-corrected chi connectivity index (χ0v) is 23.7. The lowest BCUT2D eigenvalue weighted by molar-refractivity contribution is 0.486. The van der Waals surface area contributed by atoms with E-state index in [1.165, 1.54) is 4.80 Å². The fraction of sp³-hybridized carbons (Fsp3) is 0. The first-order chi connectivity index (χ1) is 21.1. The maximum Gasteiger partial charge on any atom is 0.340 e. The molecule has 1 heterocycles. The van der Waals surface area contributed by atoms with Crippen LogP contribution in [0.3, 0.4) is 0 Å². The van der Waals surface area contributed by atoms with Crippen molar-refractivity contribution in [3.8, 4) is 22.6 Å². The van der Waals surface area contributed by atoms with Crippen molar-refractivity contribution < 1.29 is 12.6 Å². The molecule has 6 aromatic carbocycles. The molecule has 0 saturated carbocycles. The molecule has 7 rings (SSSR count). The molecule has 0 aliphatic carbocycles. The summed E-state index contributed by atoms with van der Waals surface area (Å²) < 4.78 is 34.2. The van der Waals surface area contributed by atoms with E-state index in [0.717, 1.165) is 21.9 Å². The molecule has 0 spiro atoms. The summed E-state index contributed by atoms with van der Waals surface area (Å²) in [5, 5.41) is 11.7. The highest BCUT2D eigenvalue weighted by atomic mass is 32.2. The molecule has 0 N–H and O–H groups in total. The summed E-state index contributed by atoms with van der Waals surface area (Å²) in [4.78, 5) is 1.55. The first-order valence-corrected chi connectivity index (χ1v) is 15.2. The van der Waals surface area contributed by atoms with E-state index in [1.54, 1.807) is 42.5 Å². The maximum absolute atomic E-state index is 14.3. The van der Waals surface area contributed by atoms with Gasteiger partial charge in [-0.2, -0.15) is 8.42 Å². The summed E-state index contributed by atoms with van der Waals surface area (Å²) in [5.41, 5.74) is 4.49. The van der Waals surface area contributed by atoms with Crippen LogP contribution in [0.25, 0.3) is 50.8 Å². The minimum atomic E-state index is -4.34. The van der Waals surface area contributed by atoms with Gasteiger partial charge in [-0.05, 0) is 46.3 Å². The van der Waals surface area contributed by atoms with Crippen molar-refractivity contribution in [2.75, 3.05) is 0 Å². The average molecular weight is 580 g/mol. The van der Waals surface area contributed by atoms with E-state index < -0.39 is 10.1 Å². The van der Waals surface area contributed by atoms with E-state index in [2.05, 4.69) is 0 Å². The molecule has 0 aliphatic heterocycles. The Bertz CT molecular complexity index is 2210. The molecule has 0 amide bonds. The minimum absolute atomic E-state index is 0.0263. The molecule has 208 valence electrons. The molecule has 0 saturated heterocycles. The van der Waals surface area contributed by atoms with Gasteiger partial charge in [-0.3, -0.25) is 0 Å². The molecule has 1 aromatic heterocycles. The Balaban J connectivity index is 1.51. The Morgan fingerprint density at radius 2 is 1.30 bits per heavy atom. The van der Waals surface area contributed by atoms with E-state index in [9.17, 15) is 8.42 Å². The van der Waals surface area contributed by atoms with Gasteiger partial charge in [-0.25, -0.2) is 0 Å². The van der Waals surface area contributed by atoms with E-state index in [0.29, 0.717) is 27.9 Å². The molecule has 0 radical (unpaired) electrons. The zero-order chi connectivity index (χ0) is 29.2. The molecular formula is C36H25N3O3S. The standard InChI is InChI=1S/C36H25N3O3S/c40-43(41,42-30-17-8-3-9-18-30)36-29(21-20-26-12-4-1-5-13-26)23-25-33(34(36)28-15-6-2-7-16-28)39-37-32-24-22-27-14-10-11-19-31(27)35(32)38-39/h1-25H. The Morgan fingerprint density at radius 3 is 2.07 bits per heavy atom. The highest BCUT2D eigenvalue weighted by Gasteiger charge is 2.29. The molecule has 43 heavy (non-hydrogen) atoms. The monoisotopic (exact) mass is 579 g/mol. The number of fused-ring (bicyclic) bond motifs is 3. The highest BCUT2D eigenvalue weighted by Crippen LogP contribution is 2.38. The third-order valence-electron chi connectivity index (χ3n) is 7.17. The van der Waals surface area contributed by atoms with Gasteiger partial charge in [0.15, 0.2) is 0 Å². The maximum atomic E-state index is 14.3. The fourth-order valence-electron chi connectivity index (χ4n) is 5.19. The van der Waals surface area contributed by atoms with E-state index in [1.807, 2.05) is 109 Å². The quantitative estimate of drug-likeness (QED) is 0.141. The van der Waals surface area contributed by atoms with Gasteiger partial charge in [-0.1, -0.05) is 127 Å². The lowest BCUT2D eigenvalue weighted by Crippen LogP contribution is -2.15. The number of aromatic nitrogens is 3. The average Bonchev–Trinajstić information content (AvgIpc) is 3.49. The van der Waals surface area contributed by atoms with Crippen LogP contribution in [0.4, 0.5) is 0 Å². The third kappa shape index (κ3) is 5.18. The Labute approximate surface area is 249 Å². The highest BCUT2D eigenvalue weighted by molar-refractivity contribution is 7.87. The predicted octanol–water partition coefficient (Wildman–Crippen LogP) is 8.18. The smallest absolute Gasteiger partial charge is 0.340 e. The normalized spacial score (nSPS) is 11.8. The number of hydrogen-bond donors (Lipinski definition) is 0. The van der Waals surface area contributed by atoms with Crippen LogP contribution in [0.1, 0.15) is 11.1 Å². The van der Waals surface area contributed by atoms with Gasteiger partial charge in [-0.15, -0.1) is 15.0 Å². The van der Waals surface area contributed by atoms with Gasteiger partial charge in [0.25, 0.3) is 0 Å². The number of hydrogen-bond acceptors (Lipinski definition) is 5. The summed E-state index contributed by atoms with van der Waals surface area (Å²) in [7, 11) is -4.34. The summed E-state index contributed by atoms with van der Waals surface area (Å²) in [5.74, 6) is 0.222. The Hall–Kier alpha value is -5.53. The van der Waals surface area contributed by atoms with Crippen molar-refractivity contribution in [2.24, 2.45) is 0 Å². The van der Waals surface area contributed by atoms with Crippen molar-refractivity contribution in [3.63, 3.8) is 0 Å². The zero-order valence-electron chi connectivity index (χ0n) is 22.9. The molecule has 7 aromatic rings. The number of rotatable bonds is 7. The van der Waals surface area contributed by atoms with Gasteiger partial charge >= 0.3 is 10.1 Å². The van der Waals surface area contributed by atoms with Crippen molar-refractivity contribution in [1.82, 2.24) is 15.0 Å². The summed E-state index contributed by atoms with van der Waals surface area (Å²) in [6, 6.07) is 43.2. The largest absolute Gasteiger partial charge is 0.379 e. The molecule has 0 atom stereocenters. The number of benzene rings is 6. The topological polar surface area (TPSA) is 74.1 Å². The molecular weight excluding hydrogens is 554 g/mol. The lowest BCUT2D eigenvalue weighted by Gasteiger charge is -2.18. The molecule has 0 bridgehead atoms. The molecule has 0 unspecified atom stereocenters. The van der Waals surface area contributed by atoms with E-state index in [4.69, 9.17) is 14.4 Å². The second kappa shape index (κ2) is 11.0. The van der Waals surface area contributed by atoms with Crippen LogP contribution in [0.2, 0.25) is 0 Å². The molecule has 0 fully saturated rings. The van der Waals surface area contributed by atoms with E-state index >= 15 is 0 Å². The Morgan fingerprint density at radius 1 is 0.628 bits per heavy atom. The van der Waals surface area contributed by atoms with Gasteiger partial charge < -0.3 is 4.18 Å². The molecule has 7 heteroatoms. The van der Waals surface area contributed by atoms with Crippen LogP contribution in [0, 0.1) is 0 Å². The van der Waals surface area contributed by atoms with Gasteiger partial charge in [0, 0.05) is 10.9 Å². The van der Waals surface area contributed by atoms with Crippen LogP contribution in [-0.2, 0) is 10.1 Å². The minimum Gasteiger partial charge on any atom is -0.379 e. The van der Waals surface area contributed by atoms with Crippen LogP contribution in [0.5, 0.6) is 5.75 Å². The van der Waals surface area contributed by atoms with Crippen LogP contribution in [0.15, 0.2) is 144 Å². The van der Waals surface area contributed by atoms with Crippen molar-refractivity contribution >= 4 is 44.1 Å². The van der Waals surface area contributed by atoms with Gasteiger partial charge in [0.2, 0.25) is 0 Å². The second-order valence-electron chi connectivity index (χ2n) is 9.98. The predicted molar refractivity (Wildman–Crippen MR) is 171 cm³/mol. The van der Waals surface area contributed by atoms with Crippen LogP contribution in [-0.4, -0.2) is 23.4 Å². The van der Waals surface area contributed by atoms with Gasteiger partial charge in [0.05, 0.1) is 5.69 Å². The van der Waals surface area contributed by atoms with Gasteiger partial charge in [0.1, 0.15) is 21.7 Å².